The Morgan fingerprint density at radius 3 is 3.06 bits per heavy atom. The lowest BCUT2D eigenvalue weighted by atomic mass is 10.1. The van der Waals surface area contributed by atoms with E-state index in [1.807, 2.05) is 18.2 Å². The standard InChI is InChI=1S/C12H15ClN2O/c1-8(7-16-2)5-12-14-10-4-3-9(13)6-11(10)15-12/h3-4,6,8H,5,7H2,1-2H3,(H,14,15). The molecule has 0 aliphatic carbocycles. The molecule has 1 aromatic heterocycles. The highest BCUT2D eigenvalue weighted by Crippen LogP contribution is 2.18. The second kappa shape index (κ2) is 4.85. The van der Waals surface area contributed by atoms with Crippen LogP contribution in [0.1, 0.15) is 12.7 Å². The summed E-state index contributed by atoms with van der Waals surface area (Å²) < 4.78 is 5.11. The van der Waals surface area contributed by atoms with E-state index in [0.717, 1.165) is 34.9 Å². The molecule has 1 atom stereocenters. The van der Waals surface area contributed by atoms with Crippen LogP contribution < -0.4 is 0 Å². The van der Waals surface area contributed by atoms with Crippen LogP contribution in [0, 0.1) is 5.92 Å². The molecule has 4 heteroatoms. The molecule has 1 heterocycles. The van der Waals surface area contributed by atoms with Gasteiger partial charge in [-0.05, 0) is 24.1 Å². The van der Waals surface area contributed by atoms with Gasteiger partial charge in [-0.1, -0.05) is 18.5 Å². The summed E-state index contributed by atoms with van der Waals surface area (Å²) in [6.45, 7) is 2.89. The summed E-state index contributed by atoms with van der Waals surface area (Å²) in [5.74, 6) is 1.45. The third kappa shape index (κ3) is 2.54. The maximum atomic E-state index is 5.92. The van der Waals surface area contributed by atoms with Crippen molar-refractivity contribution in [1.29, 1.82) is 0 Å². The summed E-state index contributed by atoms with van der Waals surface area (Å²) in [4.78, 5) is 7.78. The quantitative estimate of drug-likeness (QED) is 0.889. The van der Waals surface area contributed by atoms with Gasteiger partial charge in [0.15, 0.2) is 0 Å². The SMILES string of the molecule is COCC(C)Cc1nc2ccc(Cl)cc2[nH]1. The Labute approximate surface area is 99.8 Å². The van der Waals surface area contributed by atoms with E-state index in [1.165, 1.54) is 0 Å². The van der Waals surface area contributed by atoms with Crippen LogP contribution in [-0.2, 0) is 11.2 Å². The van der Waals surface area contributed by atoms with E-state index < -0.39 is 0 Å². The summed E-state index contributed by atoms with van der Waals surface area (Å²) in [5, 5.41) is 0.729. The Balaban J connectivity index is 2.19. The lowest BCUT2D eigenvalue weighted by Gasteiger charge is -2.06. The van der Waals surface area contributed by atoms with Crippen molar-refractivity contribution in [3.63, 3.8) is 0 Å². The van der Waals surface area contributed by atoms with Crippen LogP contribution in [0.15, 0.2) is 18.2 Å². The molecule has 0 bridgehead atoms. The minimum Gasteiger partial charge on any atom is -0.384 e. The third-order valence-electron chi connectivity index (χ3n) is 2.49. The highest BCUT2D eigenvalue weighted by atomic mass is 35.5. The van der Waals surface area contributed by atoms with Gasteiger partial charge in [-0.2, -0.15) is 0 Å². The molecule has 0 spiro atoms. The second-order valence-electron chi connectivity index (χ2n) is 4.11. The van der Waals surface area contributed by atoms with Gasteiger partial charge in [0.25, 0.3) is 0 Å². The number of nitrogens with zero attached hydrogens (tertiary/aromatic N) is 1. The lowest BCUT2D eigenvalue weighted by Crippen LogP contribution is -2.07. The maximum Gasteiger partial charge on any atom is 0.107 e. The molecule has 0 fully saturated rings. The minimum absolute atomic E-state index is 0.459. The number of aromatic amines is 1. The number of hydrogen-bond donors (Lipinski definition) is 1. The highest BCUT2D eigenvalue weighted by Gasteiger charge is 2.08. The molecule has 0 radical (unpaired) electrons. The van der Waals surface area contributed by atoms with Crippen molar-refractivity contribution in [3.05, 3.63) is 29.0 Å². The fourth-order valence-electron chi connectivity index (χ4n) is 1.80. The molecule has 86 valence electrons. The highest BCUT2D eigenvalue weighted by molar-refractivity contribution is 6.31. The third-order valence-corrected chi connectivity index (χ3v) is 2.72. The average Bonchev–Trinajstić information content (AvgIpc) is 2.59. The minimum atomic E-state index is 0.459. The van der Waals surface area contributed by atoms with Crippen LogP contribution >= 0.6 is 11.6 Å². The number of rotatable bonds is 4. The Kier molecular flexibility index (Phi) is 3.46. The van der Waals surface area contributed by atoms with E-state index in [9.17, 15) is 0 Å². The summed E-state index contributed by atoms with van der Waals surface area (Å²) in [5.41, 5.74) is 1.95. The fourth-order valence-corrected chi connectivity index (χ4v) is 1.98. The van der Waals surface area contributed by atoms with E-state index in [1.54, 1.807) is 7.11 Å². The molecule has 0 saturated carbocycles. The number of halogens is 1. The van der Waals surface area contributed by atoms with Crippen LogP contribution in [0.4, 0.5) is 0 Å². The van der Waals surface area contributed by atoms with Gasteiger partial charge < -0.3 is 9.72 Å². The van der Waals surface area contributed by atoms with Crippen molar-refractivity contribution in [2.75, 3.05) is 13.7 Å². The number of nitrogens with one attached hydrogen (secondary N) is 1. The first-order valence-electron chi connectivity index (χ1n) is 5.32. The molecule has 2 rings (SSSR count). The lowest BCUT2D eigenvalue weighted by molar-refractivity contribution is 0.159. The van der Waals surface area contributed by atoms with Gasteiger partial charge in [0.05, 0.1) is 11.0 Å². The van der Waals surface area contributed by atoms with Crippen LogP contribution in [0.5, 0.6) is 0 Å². The van der Waals surface area contributed by atoms with Crippen molar-refractivity contribution in [1.82, 2.24) is 9.97 Å². The smallest absolute Gasteiger partial charge is 0.107 e. The number of aromatic nitrogens is 2. The van der Waals surface area contributed by atoms with Gasteiger partial charge >= 0.3 is 0 Å². The Morgan fingerprint density at radius 2 is 2.31 bits per heavy atom. The van der Waals surface area contributed by atoms with Crippen LogP contribution in [0.3, 0.4) is 0 Å². The van der Waals surface area contributed by atoms with Crippen LogP contribution in [0.2, 0.25) is 5.02 Å². The first-order chi connectivity index (χ1) is 7.69. The Bertz CT molecular complexity index is 481. The number of H-pyrrole nitrogens is 1. The van der Waals surface area contributed by atoms with Crippen molar-refractivity contribution in [2.45, 2.75) is 13.3 Å². The van der Waals surface area contributed by atoms with Crippen molar-refractivity contribution >= 4 is 22.6 Å². The molecule has 2 aromatic rings. The van der Waals surface area contributed by atoms with E-state index in [-0.39, 0.29) is 0 Å². The van der Waals surface area contributed by atoms with E-state index in [2.05, 4.69) is 16.9 Å². The largest absolute Gasteiger partial charge is 0.384 e. The zero-order chi connectivity index (χ0) is 11.5. The summed E-state index contributed by atoms with van der Waals surface area (Å²) >= 11 is 5.92. The van der Waals surface area contributed by atoms with Crippen molar-refractivity contribution in [3.8, 4) is 0 Å². The zero-order valence-corrected chi connectivity index (χ0v) is 10.2. The van der Waals surface area contributed by atoms with Crippen molar-refractivity contribution < 1.29 is 4.74 Å². The van der Waals surface area contributed by atoms with E-state index in [0.29, 0.717) is 5.92 Å². The average molecular weight is 239 g/mol. The van der Waals surface area contributed by atoms with Crippen LogP contribution in [0.25, 0.3) is 11.0 Å². The van der Waals surface area contributed by atoms with Crippen molar-refractivity contribution in [2.24, 2.45) is 5.92 Å². The molecule has 0 aliphatic heterocycles. The normalized spacial score (nSPS) is 13.2. The summed E-state index contributed by atoms with van der Waals surface area (Å²) in [7, 11) is 1.72. The number of imidazole rings is 1. The maximum absolute atomic E-state index is 5.92. The Hall–Kier alpha value is -1.06. The van der Waals surface area contributed by atoms with E-state index >= 15 is 0 Å². The predicted octanol–water partition coefficient (Wildman–Crippen LogP) is 3.04. The molecule has 0 aliphatic rings. The monoisotopic (exact) mass is 238 g/mol. The number of benzene rings is 1. The first-order valence-corrected chi connectivity index (χ1v) is 5.70. The number of ether oxygens (including phenoxy) is 1. The van der Waals surface area contributed by atoms with Gasteiger partial charge in [-0.25, -0.2) is 4.98 Å². The molecular formula is C12H15ClN2O. The summed E-state index contributed by atoms with van der Waals surface area (Å²) in [6, 6.07) is 5.68. The number of methoxy groups -OCH3 is 1. The molecular weight excluding hydrogens is 224 g/mol. The Morgan fingerprint density at radius 1 is 1.50 bits per heavy atom. The summed E-state index contributed by atoms with van der Waals surface area (Å²) in [6.07, 6.45) is 0.889. The molecule has 1 unspecified atom stereocenters. The van der Waals surface area contributed by atoms with Gasteiger partial charge in [0.2, 0.25) is 0 Å². The first kappa shape index (κ1) is 11.4. The zero-order valence-electron chi connectivity index (χ0n) is 9.46. The molecule has 3 nitrogen and oxygen atoms in total. The molecule has 16 heavy (non-hydrogen) atoms. The number of fused-ring (bicyclic) bond motifs is 1. The fraction of sp³-hybridized carbons (Fsp3) is 0.417. The van der Waals surface area contributed by atoms with Gasteiger partial charge in [-0.3, -0.25) is 0 Å². The van der Waals surface area contributed by atoms with Gasteiger partial charge in [0, 0.05) is 25.2 Å². The molecule has 0 saturated heterocycles. The second-order valence-corrected chi connectivity index (χ2v) is 4.55. The topological polar surface area (TPSA) is 37.9 Å². The van der Waals surface area contributed by atoms with Gasteiger partial charge in [-0.15, -0.1) is 0 Å². The predicted molar refractivity (Wildman–Crippen MR) is 65.8 cm³/mol. The molecule has 1 N–H and O–H groups in total. The molecule has 1 aromatic carbocycles. The van der Waals surface area contributed by atoms with Gasteiger partial charge in [0.1, 0.15) is 5.82 Å². The van der Waals surface area contributed by atoms with E-state index in [4.69, 9.17) is 16.3 Å². The molecule has 0 amide bonds. The number of hydrogen-bond acceptors (Lipinski definition) is 2. The van der Waals surface area contributed by atoms with Crippen LogP contribution in [-0.4, -0.2) is 23.7 Å².